The second-order valence-corrected chi connectivity index (χ2v) is 5.49. The number of imidazole rings is 1. The zero-order chi connectivity index (χ0) is 14.8. The van der Waals surface area contributed by atoms with Gasteiger partial charge < -0.3 is 10.6 Å². The molecule has 112 valence electrons. The average molecular weight is 288 g/mol. The fraction of sp³-hybridized carbons (Fsp3) is 0.467. The number of hydrogen-bond acceptors (Lipinski definition) is 3. The van der Waals surface area contributed by atoms with Gasteiger partial charge in [0.2, 0.25) is 5.91 Å². The lowest BCUT2D eigenvalue weighted by Gasteiger charge is -2.11. The van der Waals surface area contributed by atoms with E-state index in [0.29, 0.717) is 13.0 Å². The van der Waals surface area contributed by atoms with Crippen molar-refractivity contribution in [1.82, 2.24) is 19.8 Å². The Morgan fingerprint density at radius 1 is 1.38 bits per heavy atom. The zero-order valence-electron chi connectivity index (χ0n) is 12.1. The molecule has 1 atom stereocenters. The molecule has 1 amide bonds. The van der Waals surface area contributed by atoms with E-state index in [-0.39, 0.29) is 17.6 Å². The van der Waals surface area contributed by atoms with E-state index in [4.69, 9.17) is 0 Å². The van der Waals surface area contributed by atoms with Gasteiger partial charge in [0, 0.05) is 32.6 Å². The summed E-state index contributed by atoms with van der Waals surface area (Å²) in [6.45, 7) is 2.19. The maximum atomic E-state index is 12.2. The highest BCUT2D eigenvalue weighted by atomic mass is 16.2. The number of para-hydroxylation sites is 2. The highest BCUT2D eigenvalue weighted by Gasteiger charge is 2.17. The van der Waals surface area contributed by atoms with E-state index in [1.165, 1.54) is 0 Å². The first-order valence-corrected chi connectivity index (χ1v) is 7.31. The summed E-state index contributed by atoms with van der Waals surface area (Å²) in [5.74, 6) is 0.00327. The molecule has 0 bridgehead atoms. The first-order valence-electron chi connectivity index (χ1n) is 7.31. The molecule has 0 aliphatic carbocycles. The Kier molecular flexibility index (Phi) is 3.79. The summed E-state index contributed by atoms with van der Waals surface area (Å²) < 4.78 is 3.29. The van der Waals surface area contributed by atoms with E-state index in [2.05, 4.69) is 10.6 Å². The highest BCUT2D eigenvalue weighted by molar-refractivity contribution is 5.78. The number of aryl methyl sites for hydroxylation is 2. The van der Waals surface area contributed by atoms with Crippen LogP contribution in [-0.4, -0.2) is 34.2 Å². The van der Waals surface area contributed by atoms with Crippen LogP contribution in [0.3, 0.4) is 0 Å². The molecular formula is C15H20N4O2. The van der Waals surface area contributed by atoms with Crippen molar-refractivity contribution in [3.63, 3.8) is 0 Å². The summed E-state index contributed by atoms with van der Waals surface area (Å²) >= 11 is 0. The molecule has 0 saturated carbocycles. The van der Waals surface area contributed by atoms with Gasteiger partial charge in [0.05, 0.1) is 11.0 Å². The van der Waals surface area contributed by atoms with Crippen molar-refractivity contribution in [3.8, 4) is 0 Å². The van der Waals surface area contributed by atoms with Gasteiger partial charge in [-0.2, -0.15) is 0 Å². The first kappa shape index (κ1) is 13.9. The number of hydrogen-bond donors (Lipinski definition) is 2. The van der Waals surface area contributed by atoms with Gasteiger partial charge in [0.1, 0.15) is 0 Å². The topological polar surface area (TPSA) is 68.1 Å². The zero-order valence-corrected chi connectivity index (χ0v) is 12.1. The summed E-state index contributed by atoms with van der Waals surface area (Å²) in [7, 11) is 1.76. The quantitative estimate of drug-likeness (QED) is 0.845. The number of carbonyl (C=O) groups excluding carboxylic acids is 1. The van der Waals surface area contributed by atoms with Crippen molar-refractivity contribution in [3.05, 3.63) is 34.7 Å². The molecule has 1 aromatic carbocycles. The summed E-state index contributed by atoms with van der Waals surface area (Å²) in [5.41, 5.74) is 1.69. The third-order valence-corrected chi connectivity index (χ3v) is 4.04. The molecular weight excluding hydrogens is 268 g/mol. The monoisotopic (exact) mass is 288 g/mol. The van der Waals surface area contributed by atoms with Crippen LogP contribution in [0.2, 0.25) is 0 Å². The molecule has 6 heteroatoms. The molecule has 6 nitrogen and oxygen atoms in total. The Balaban J connectivity index is 1.72. The number of benzene rings is 1. The standard InChI is InChI=1S/C15H20N4O2/c1-18-12-4-2-3-5-13(12)19(15(18)21)9-7-14(20)17-11-6-8-16-10-11/h2-5,11,16H,6-10H2,1H3,(H,17,20). The van der Waals surface area contributed by atoms with Gasteiger partial charge in [-0.15, -0.1) is 0 Å². The van der Waals surface area contributed by atoms with Gasteiger partial charge in [0.15, 0.2) is 0 Å². The van der Waals surface area contributed by atoms with Gasteiger partial charge in [-0.25, -0.2) is 4.79 Å². The number of fused-ring (bicyclic) bond motifs is 1. The van der Waals surface area contributed by atoms with Gasteiger partial charge in [0.25, 0.3) is 0 Å². The van der Waals surface area contributed by atoms with Crippen molar-refractivity contribution in [2.45, 2.75) is 25.4 Å². The predicted octanol–water partition coefficient (Wildman–Crippen LogP) is 0.208. The average Bonchev–Trinajstić information content (AvgIpc) is 3.07. The number of nitrogens with one attached hydrogen (secondary N) is 2. The Morgan fingerprint density at radius 3 is 2.86 bits per heavy atom. The molecule has 1 aliphatic rings. The highest BCUT2D eigenvalue weighted by Crippen LogP contribution is 2.11. The molecule has 0 radical (unpaired) electrons. The second kappa shape index (κ2) is 5.73. The molecule has 3 rings (SSSR count). The minimum absolute atomic E-state index is 0.00327. The smallest absolute Gasteiger partial charge is 0.328 e. The molecule has 1 unspecified atom stereocenters. The van der Waals surface area contributed by atoms with Crippen LogP contribution in [0.1, 0.15) is 12.8 Å². The number of carbonyl (C=O) groups is 1. The molecule has 2 aromatic rings. The van der Waals surface area contributed by atoms with Crippen LogP contribution in [0, 0.1) is 0 Å². The third-order valence-electron chi connectivity index (χ3n) is 4.04. The fourth-order valence-corrected chi connectivity index (χ4v) is 2.87. The summed E-state index contributed by atoms with van der Waals surface area (Å²) in [6.07, 6.45) is 1.30. The molecule has 2 heterocycles. The fourth-order valence-electron chi connectivity index (χ4n) is 2.87. The lowest BCUT2D eigenvalue weighted by molar-refractivity contribution is -0.121. The SMILES string of the molecule is Cn1c(=O)n(CCC(=O)NC2CCNC2)c2ccccc21. The Bertz CT molecular complexity index is 710. The number of nitrogens with zero attached hydrogens (tertiary/aromatic N) is 2. The first-order chi connectivity index (χ1) is 10.2. The van der Waals surface area contributed by atoms with Gasteiger partial charge in [-0.3, -0.25) is 13.9 Å². The van der Waals surface area contributed by atoms with E-state index in [1.807, 2.05) is 24.3 Å². The van der Waals surface area contributed by atoms with Gasteiger partial charge in [-0.1, -0.05) is 12.1 Å². The minimum Gasteiger partial charge on any atom is -0.352 e. The van der Waals surface area contributed by atoms with Gasteiger partial charge in [-0.05, 0) is 25.1 Å². The lowest BCUT2D eigenvalue weighted by atomic mass is 10.2. The van der Waals surface area contributed by atoms with Crippen molar-refractivity contribution >= 4 is 16.9 Å². The van der Waals surface area contributed by atoms with Gasteiger partial charge >= 0.3 is 5.69 Å². The van der Waals surface area contributed by atoms with E-state index in [9.17, 15) is 9.59 Å². The van der Waals surface area contributed by atoms with Crippen molar-refractivity contribution in [2.75, 3.05) is 13.1 Å². The van der Waals surface area contributed by atoms with E-state index in [0.717, 1.165) is 30.5 Å². The molecule has 0 spiro atoms. The summed E-state index contributed by atoms with van der Waals surface area (Å²) in [6, 6.07) is 7.86. The molecule has 1 saturated heterocycles. The summed E-state index contributed by atoms with van der Waals surface area (Å²) in [4.78, 5) is 24.2. The predicted molar refractivity (Wildman–Crippen MR) is 81.2 cm³/mol. The Labute approximate surface area is 122 Å². The maximum Gasteiger partial charge on any atom is 0.328 e. The normalized spacial score (nSPS) is 18.2. The summed E-state index contributed by atoms with van der Waals surface area (Å²) in [5, 5.41) is 6.21. The van der Waals surface area contributed by atoms with Crippen LogP contribution in [0.25, 0.3) is 11.0 Å². The molecule has 2 N–H and O–H groups in total. The van der Waals surface area contributed by atoms with E-state index >= 15 is 0 Å². The van der Waals surface area contributed by atoms with E-state index in [1.54, 1.807) is 16.2 Å². The molecule has 1 aromatic heterocycles. The molecule has 1 fully saturated rings. The Hall–Kier alpha value is -2.08. The number of amides is 1. The number of rotatable bonds is 4. The maximum absolute atomic E-state index is 12.2. The molecule has 21 heavy (non-hydrogen) atoms. The third kappa shape index (κ3) is 2.71. The van der Waals surface area contributed by atoms with Crippen LogP contribution in [0.15, 0.2) is 29.1 Å². The largest absolute Gasteiger partial charge is 0.352 e. The van der Waals surface area contributed by atoms with Crippen LogP contribution < -0.4 is 16.3 Å². The van der Waals surface area contributed by atoms with Crippen LogP contribution in [-0.2, 0) is 18.4 Å². The van der Waals surface area contributed by atoms with Crippen molar-refractivity contribution < 1.29 is 4.79 Å². The Morgan fingerprint density at radius 2 is 2.14 bits per heavy atom. The minimum atomic E-state index is -0.0773. The van der Waals surface area contributed by atoms with Crippen LogP contribution in [0.4, 0.5) is 0 Å². The van der Waals surface area contributed by atoms with Crippen LogP contribution in [0.5, 0.6) is 0 Å². The molecule has 1 aliphatic heterocycles. The van der Waals surface area contributed by atoms with E-state index < -0.39 is 0 Å². The lowest BCUT2D eigenvalue weighted by Crippen LogP contribution is -2.37. The van der Waals surface area contributed by atoms with Crippen LogP contribution >= 0.6 is 0 Å². The van der Waals surface area contributed by atoms with Crippen molar-refractivity contribution in [2.24, 2.45) is 7.05 Å². The second-order valence-electron chi connectivity index (χ2n) is 5.49. The number of aromatic nitrogens is 2. The van der Waals surface area contributed by atoms with Crippen molar-refractivity contribution in [1.29, 1.82) is 0 Å².